The van der Waals surface area contributed by atoms with E-state index in [4.69, 9.17) is 9.47 Å². The molecule has 3 heteroatoms. The summed E-state index contributed by atoms with van der Waals surface area (Å²) in [4.78, 5) is 4.10. The topological polar surface area (TPSA) is 31.4 Å². The molecule has 3 nitrogen and oxygen atoms in total. The molecule has 0 atom stereocenters. The molecule has 0 saturated carbocycles. The van der Waals surface area contributed by atoms with Crippen molar-refractivity contribution in [3.8, 4) is 11.6 Å². The average molecular weight is 181 g/mol. The molecule has 0 N–H and O–H groups in total. The quantitative estimate of drug-likeness (QED) is 0.716. The molecule has 0 unspecified atom stereocenters. The molecule has 0 fully saturated rings. The maximum atomic E-state index is 5.48. The van der Waals surface area contributed by atoms with Crippen molar-refractivity contribution in [2.45, 2.75) is 26.9 Å². The summed E-state index contributed by atoms with van der Waals surface area (Å²) in [5.74, 6) is 1.43. The zero-order valence-corrected chi connectivity index (χ0v) is 8.50. The maximum Gasteiger partial charge on any atom is 0.216 e. The highest BCUT2D eigenvalue weighted by molar-refractivity contribution is 5.32. The van der Waals surface area contributed by atoms with E-state index < -0.39 is 0 Å². The van der Waals surface area contributed by atoms with E-state index in [9.17, 15) is 0 Å². The minimum atomic E-state index is 0.176. The Kier molecular flexibility index (Phi) is 3.12. The van der Waals surface area contributed by atoms with Crippen molar-refractivity contribution in [2.75, 3.05) is 7.11 Å². The number of aryl methyl sites for hydroxylation is 1. The third-order valence-corrected chi connectivity index (χ3v) is 1.57. The zero-order chi connectivity index (χ0) is 9.84. The van der Waals surface area contributed by atoms with E-state index >= 15 is 0 Å². The molecule has 13 heavy (non-hydrogen) atoms. The first-order valence-corrected chi connectivity index (χ1v) is 4.30. The van der Waals surface area contributed by atoms with Gasteiger partial charge in [0.15, 0.2) is 0 Å². The van der Waals surface area contributed by atoms with Crippen LogP contribution in [0.5, 0.6) is 11.6 Å². The fourth-order valence-electron chi connectivity index (χ4n) is 1.09. The molecule has 0 aliphatic carbocycles. The van der Waals surface area contributed by atoms with E-state index in [1.807, 2.05) is 26.8 Å². The molecule has 0 aliphatic rings. The number of nitrogens with zero attached hydrogens (tertiary/aromatic N) is 1. The number of methoxy groups -OCH3 is 1. The molecule has 1 rings (SSSR count). The number of pyridine rings is 1. The van der Waals surface area contributed by atoms with Gasteiger partial charge in [-0.2, -0.15) is 0 Å². The third-order valence-electron chi connectivity index (χ3n) is 1.57. The van der Waals surface area contributed by atoms with Crippen LogP contribution in [0.3, 0.4) is 0 Å². The van der Waals surface area contributed by atoms with Gasteiger partial charge >= 0.3 is 0 Å². The predicted octanol–water partition coefficient (Wildman–Crippen LogP) is 2.19. The van der Waals surface area contributed by atoms with Gasteiger partial charge in [-0.15, -0.1) is 0 Å². The lowest BCUT2D eigenvalue weighted by Crippen LogP contribution is -2.06. The Morgan fingerprint density at radius 1 is 1.38 bits per heavy atom. The summed E-state index contributed by atoms with van der Waals surface area (Å²) in [5.41, 5.74) is 0.987. The summed E-state index contributed by atoms with van der Waals surface area (Å²) >= 11 is 0. The summed E-state index contributed by atoms with van der Waals surface area (Å²) in [7, 11) is 1.61. The number of aromatic nitrogens is 1. The van der Waals surface area contributed by atoms with Crippen LogP contribution < -0.4 is 9.47 Å². The minimum absolute atomic E-state index is 0.176. The van der Waals surface area contributed by atoms with Gasteiger partial charge in [-0.05, 0) is 26.8 Å². The Hall–Kier alpha value is -1.25. The van der Waals surface area contributed by atoms with Crippen molar-refractivity contribution >= 4 is 0 Å². The molecular weight excluding hydrogens is 166 g/mol. The second-order valence-corrected chi connectivity index (χ2v) is 3.16. The Bertz CT molecular complexity index is 284. The third kappa shape index (κ3) is 2.61. The molecule has 0 amide bonds. The SMILES string of the molecule is COc1ncc(OC(C)C)cc1C. The second-order valence-electron chi connectivity index (χ2n) is 3.16. The molecule has 0 bridgehead atoms. The van der Waals surface area contributed by atoms with Gasteiger partial charge in [0.25, 0.3) is 0 Å². The molecule has 0 radical (unpaired) electrons. The van der Waals surface area contributed by atoms with Crippen molar-refractivity contribution in [3.63, 3.8) is 0 Å². The first kappa shape index (κ1) is 9.84. The Labute approximate surface area is 78.7 Å². The summed E-state index contributed by atoms with van der Waals surface area (Å²) in [5, 5.41) is 0. The monoisotopic (exact) mass is 181 g/mol. The van der Waals surface area contributed by atoms with Crippen LogP contribution in [0.15, 0.2) is 12.3 Å². The second kappa shape index (κ2) is 4.12. The number of hydrogen-bond donors (Lipinski definition) is 0. The summed E-state index contributed by atoms with van der Waals surface area (Å²) in [6, 6.07) is 1.92. The summed E-state index contributed by atoms with van der Waals surface area (Å²) < 4.78 is 10.5. The Morgan fingerprint density at radius 3 is 2.54 bits per heavy atom. The van der Waals surface area contributed by atoms with Gasteiger partial charge in [-0.1, -0.05) is 0 Å². The van der Waals surface area contributed by atoms with E-state index in [1.54, 1.807) is 13.3 Å². The molecule has 1 aromatic heterocycles. The van der Waals surface area contributed by atoms with Crippen molar-refractivity contribution in [1.82, 2.24) is 4.98 Å². The van der Waals surface area contributed by atoms with E-state index in [2.05, 4.69) is 4.98 Å². The number of hydrogen-bond acceptors (Lipinski definition) is 3. The van der Waals surface area contributed by atoms with Gasteiger partial charge in [-0.3, -0.25) is 0 Å². The van der Waals surface area contributed by atoms with E-state index in [1.165, 1.54) is 0 Å². The first-order valence-electron chi connectivity index (χ1n) is 4.30. The van der Waals surface area contributed by atoms with Crippen LogP contribution in [0.2, 0.25) is 0 Å². The Morgan fingerprint density at radius 2 is 2.08 bits per heavy atom. The van der Waals surface area contributed by atoms with Crippen LogP contribution in [0, 0.1) is 6.92 Å². The lowest BCUT2D eigenvalue weighted by atomic mass is 10.3. The van der Waals surface area contributed by atoms with Crippen LogP contribution in [0.4, 0.5) is 0 Å². The average Bonchev–Trinajstić information content (AvgIpc) is 2.03. The van der Waals surface area contributed by atoms with Gasteiger partial charge in [-0.25, -0.2) is 4.98 Å². The fraction of sp³-hybridized carbons (Fsp3) is 0.500. The molecule has 1 heterocycles. The van der Waals surface area contributed by atoms with Gasteiger partial charge < -0.3 is 9.47 Å². The van der Waals surface area contributed by atoms with Crippen LogP contribution in [-0.4, -0.2) is 18.2 Å². The molecule has 1 aromatic rings. The minimum Gasteiger partial charge on any atom is -0.489 e. The van der Waals surface area contributed by atoms with Crippen molar-refractivity contribution in [1.29, 1.82) is 0 Å². The van der Waals surface area contributed by atoms with Crippen molar-refractivity contribution in [2.24, 2.45) is 0 Å². The van der Waals surface area contributed by atoms with Crippen LogP contribution in [0.25, 0.3) is 0 Å². The van der Waals surface area contributed by atoms with E-state index in [0.29, 0.717) is 5.88 Å². The Balaban J connectivity index is 2.83. The highest BCUT2D eigenvalue weighted by atomic mass is 16.5. The molecule has 72 valence electrons. The predicted molar refractivity (Wildman–Crippen MR) is 51.3 cm³/mol. The first-order chi connectivity index (χ1) is 6.13. The maximum absolute atomic E-state index is 5.48. The van der Waals surface area contributed by atoms with E-state index in [0.717, 1.165) is 11.3 Å². The standard InChI is InChI=1S/C10H15NO2/c1-7(2)13-9-5-8(3)10(12-4)11-6-9/h5-7H,1-4H3. The van der Waals surface area contributed by atoms with Crippen LogP contribution in [0.1, 0.15) is 19.4 Å². The van der Waals surface area contributed by atoms with Crippen LogP contribution in [-0.2, 0) is 0 Å². The molecular formula is C10H15NO2. The normalized spacial score (nSPS) is 10.2. The molecule has 0 spiro atoms. The molecule has 0 saturated heterocycles. The van der Waals surface area contributed by atoms with Gasteiger partial charge in [0, 0.05) is 5.56 Å². The van der Waals surface area contributed by atoms with Gasteiger partial charge in [0.05, 0.1) is 19.4 Å². The lowest BCUT2D eigenvalue weighted by molar-refractivity contribution is 0.240. The lowest BCUT2D eigenvalue weighted by Gasteiger charge is -2.10. The van der Waals surface area contributed by atoms with Crippen LogP contribution >= 0.6 is 0 Å². The highest BCUT2D eigenvalue weighted by Gasteiger charge is 2.03. The van der Waals surface area contributed by atoms with E-state index in [-0.39, 0.29) is 6.10 Å². The summed E-state index contributed by atoms with van der Waals surface area (Å²) in [6.45, 7) is 5.91. The van der Waals surface area contributed by atoms with Crippen molar-refractivity contribution < 1.29 is 9.47 Å². The molecule has 0 aromatic carbocycles. The summed E-state index contributed by atoms with van der Waals surface area (Å²) in [6.07, 6.45) is 1.85. The molecule has 0 aliphatic heterocycles. The van der Waals surface area contributed by atoms with Gasteiger partial charge in [0.1, 0.15) is 5.75 Å². The fourth-order valence-corrected chi connectivity index (χ4v) is 1.09. The largest absolute Gasteiger partial charge is 0.489 e. The number of rotatable bonds is 3. The number of ether oxygens (including phenoxy) is 2. The smallest absolute Gasteiger partial charge is 0.216 e. The highest BCUT2D eigenvalue weighted by Crippen LogP contribution is 2.20. The van der Waals surface area contributed by atoms with Crippen molar-refractivity contribution in [3.05, 3.63) is 17.8 Å². The zero-order valence-electron chi connectivity index (χ0n) is 8.50. The van der Waals surface area contributed by atoms with Gasteiger partial charge in [0.2, 0.25) is 5.88 Å².